The second kappa shape index (κ2) is 7.63. The van der Waals surface area contributed by atoms with Gasteiger partial charge in [-0.05, 0) is 46.8 Å². The molecule has 0 saturated carbocycles. The van der Waals surface area contributed by atoms with Gasteiger partial charge in [-0.1, -0.05) is 89.2 Å². The molecule has 0 saturated heterocycles. The van der Waals surface area contributed by atoms with Gasteiger partial charge in [-0.2, -0.15) is 0 Å². The molecule has 0 amide bonds. The average molecular weight is 294 g/mol. The SMILES string of the molecule is CC(C)C(C)c1cccc(CC(C)[C@@H](C)c2ccccc2)c1. The normalized spacial score (nSPS) is 15.5. The fraction of sp³-hybridized carbons (Fsp3) is 0.455. The predicted octanol–water partition coefficient (Wildman–Crippen LogP) is 6.43. The van der Waals surface area contributed by atoms with Crippen LogP contribution in [0.25, 0.3) is 0 Å². The van der Waals surface area contributed by atoms with Crippen LogP contribution in [-0.4, -0.2) is 0 Å². The summed E-state index contributed by atoms with van der Waals surface area (Å²) in [5.41, 5.74) is 4.40. The van der Waals surface area contributed by atoms with Crippen molar-refractivity contribution in [2.24, 2.45) is 11.8 Å². The quantitative estimate of drug-likeness (QED) is 0.576. The Morgan fingerprint density at radius 2 is 1.32 bits per heavy atom. The van der Waals surface area contributed by atoms with Gasteiger partial charge in [0.25, 0.3) is 0 Å². The molecule has 0 bridgehead atoms. The van der Waals surface area contributed by atoms with Gasteiger partial charge in [0.1, 0.15) is 0 Å². The molecule has 3 atom stereocenters. The number of hydrogen-bond donors (Lipinski definition) is 0. The van der Waals surface area contributed by atoms with Crippen LogP contribution in [0.1, 0.15) is 63.1 Å². The van der Waals surface area contributed by atoms with Gasteiger partial charge in [-0.3, -0.25) is 0 Å². The Kier molecular flexibility index (Phi) is 5.83. The first kappa shape index (κ1) is 16.8. The van der Waals surface area contributed by atoms with E-state index in [4.69, 9.17) is 0 Å². The molecular formula is C22H30. The molecule has 2 aromatic carbocycles. The third kappa shape index (κ3) is 4.22. The summed E-state index contributed by atoms with van der Waals surface area (Å²) in [6.45, 7) is 11.7. The van der Waals surface area contributed by atoms with Crippen LogP contribution < -0.4 is 0 Å². The molecule has 2 unspecified atom stereocenters. The smallest absolute Gasteiger partial charge is 0.0161 e. The lowest BCUT2D eigenvalue weighted by Gasteiger charge is -2.22. The van der Waals surface area contributed by atoms with Crippen molar-refractivity contribution in [2.45, 2.75) is 52.9 Å². The van der Waals surface area contributed by atoms with Crippen LogP contribution in [-0.2, 0) is 6.42 Å². The zero-order valence-corrected chi connectivity index (χ0v) is 14.7. The zero-order valence-electron chi connectivity index (χ0n) is 14.7. The Labute approximate surface area is 136 Å². The minimum absolute atomic E-state index is 0.590. The van der Waals surface area contributed by atoms with Crippen LogP contribution >= 0.6 is 0 Å². The van der Waals surface area contributed by atoms with E-state index in [0.29, 0.717) is 23.7 Å². The fourth-order valence-electron chi connectivity index (χ4n) is 3.02. The molecular weight excluding hydrogens is 264 g/mol. The van der Waals surface area contributed by atoms with E-state index in [1.54, 1.807) is 0 Å². The van der Waals surface area contributed by atoms with Gasteiger partial charge in [0.2, 0.25) is 0 Å². The Morgan fingerprint density at radius 3 is 1.95 bits per heavy atom. The fourth-order valence-corrected chi connectivity index (χ4v) is 3.02. The second-order valence-corrected chi connectivity index (χ2v) is 7.16. The first-order chi connectivity index (χ1) is 10.5. The molecule has 118 valence electrons. The molecule has 0 aliphatic carbocycles. The molecule has 0 heteroatoms. The monoisotopic (exact) mass is 294 g/mol. The molecule has 0 heterocycles. The number of rotatable bonds is 6. The predicted molar refractivity (Wildman–Crippen MR) is 97.4 cm³/mol. The van der Waals surface area contributed by atoms with Crippen molar-refractivity contribution in [3.8, 4) is 0 Å². The maximum atomic E-state index is 2.42. The van der Waals surface area contributed by atoms with E-state index in [1.165, 1.54) is 16.7 Å². The van der Waals surface area contributed by atoms with Crippen molar-refractivity contribution in [2.75, 3.05) is 0 Å². The van der Waals surface area contributed by atoms with Crippen molar-refractivity contribution >= 4 is 0 Å². The summed E-state index contributed by atoms with van der Waals surface area (Å²) in [5.74, 6) is 2.55. The van der Waals surface area contributed by atoms with E-state index >= 15 is 0 Å². The lowest BCUT2D eigenvalue weighted by Crippen LogP contribution is -2.10. The first-order valence-corrected chi connectivity index (χ1v) is 8.62. The largest absolute Gasteiger partial charge is 0.0622 e. The number of benzene rings is 2. The molecule has 2 rings (SSSR count). The molecule has 22 heavy (non-hydrogen) atoms. The summed E-state index contributed by atoms with van der Waals surface area (Å²) < 4.78 is 0. The summed E-state index contributed by atoms with van der Waals surface area (Å²) >= 11 is 0. The third-order valence-corrected chi connectivity index (χ3v) is 5.21. The summed E-state index contributed by atoms with van der Waals surface area (Å²) in [6, 6.07) is 20.1. The molecule has 0 aliphatic rings. The van der Waals surface area contributed by atoms with E-state index in [0.717, 1.165) is 6.42 Å². The minimum atomic E-state index is 0.590. The Balaban J connectivity index is 2.08. The molecule has 0 aromatic heterocycles. The molecule has 0 spiro atoms. The molecule has 2 aromatic rings. The van der Waals surface area contributed by atoms with E-state index in [9.17, 15) is 0 Å². The maximum absolute atomic E-state index is 2.42. The molecule has 0 fully saturated rings. The minimum Gasteiger partial charge on any atom is -0.0622 e. The van der Waals surface area contributed by atoms with Crippen molar-refractivity contribution in [1.82, 2.24) is 0 Å². The lowest BCUT2D eigenvalue weighted by molar-refractivity contribution is 0.484. The maximum Gasteiger partial charge on any atom is -0.0161 e. The highest BCUT2D eigenvalue weighted by Crippen LogP contribution is 2.29. The number of hydrogen-bond acceptors (Lipinski definition) is 0. The van der Waals surface area contributed by atoms with Gasteiger partial charge in [-0.15, -0.1) is 0 Å². The van der Waals surface area contributed by atoms with Crippen LogP contribution in [0.4, 0.5) is 0 Å². The Bertz CT molecular complexity index is 568. The van der Waals surface area contributed by atoms with Gasteiger partial charge in [0.15, 0.2) is 0 Å². The van der Waals surface area contributed by atoms with Crippen molar-refractivity contribution < 1.29 is 0 Å². The second-order valence-electron chi connectivity index (χ2n) is 7.16. The highest BCUT2D eigenvalue weighted by Gasteiger charge is 2.16. The molecule has 0 aliphatic heterocycles. The lowest BCUT2D eigenvalue weighted by atomic mass is 9.83. The standard InChI is InChI=1S/C22H30/c1-16(2)18(4)22-13-9-10-20(15-22)14-17(3)19(5)21-11-7-6-8-12-21/h6-13,15-19H,14H2,1-5H3/t17?,18?,19-/m1/s1. The first-order valence-electron chi connectivity index (χ1n) is 8.62. The topological polar surface area (TPSA) is 0 Å². The summed E-state index contributed by atoms with van der Waals surface area (Å²) in [4.78, 5) is 0. The molecule has 0 N–H and O–H groups in total. The highest BCUT2D eigenvalue weighted by atomic mass is 14.2. The average Bonchev–Trinajstić information content (AvgIpc) is 2.54. The van der Waals surface area contributed by atoms with Gasteiger partial charge in [0, 0.05) is 0 Å². The summed E-state index contributed by atoms with van der Waals surface area (Å²) in [5, 5.41) is 0. The summed E-state index contributed by atoms with van der Waals surface area (Å²) in [6.07, 6.45) is 1.15. The zero-order chi connectivity index (χ0) is 16.1. The van der Waals surface area contributed by atoms with Crippen molar-refractivity contribution in [1.29, 1.82) is 0 Å². The van der Waals surface area contributed by atoms with Gasteiger partial charge in [0.05, 0.1) is 0 Å². The third-order valence-electron chi connectivity index (χ3n) is 5.21. The van der Waals surface area contributed by atoms with Gasteiger partial charge in [-0.25, -0.2) is 0 Å². The summed E-state index contributed by atoms with van der Waals surface area (Å²) in [7, 11) is 0. The van der Waals surface area contributed by atoms with Gasteiger partial charge < -0.3 is 0 Å². The Morgan fingerprint density at radius 1 is 0.682 bits per heavy atom. The van der Waals surface area contributed by atoms with Crippen molar-refractivity contribution in [3.05, 3.63) is 71.3 Å². The van der Waals surface area contributed by atoms with E-state index in [1.807, 2.05) is 0 Å². The van der Waals surface area contributed by atoms with Crippen LogP contribution in [0.2, 0.25) is 0 Å². The van der Waals surface area contributed by atoms with Crippen LogP contribution in [0.15, 0.2) is 54.6 Å². The van der Waals surface area contributed by atoms with Crippen molar-refractivity contribution in [3.63, 3.8) is 0 Å². The molecule has 0 radical (unpaired) electrons. The van der Waals surface area contributed by atoms with E-state index < -0.39 is 0 Å². The molecule has 0 nitrogen and oxygen atoms in total. The Hall–Kier alpha value is -1.56. The van der Waals surface area contributed by atoms with E-state index in [-0.39, 0.29) is 0 Å². The van der Waals surface area contributed by atoms with Crippen LogP contribution in [0.5, 0.6) is 0 Å². The highest BCUT2D eigenvalue weighted by molar-refractivity contribution is 5.27. The van der Waals surface area contributed by atoms with Gasteiger partial charge >= 0.3 is 0 Å². The van der Waals surface area contributed by atoms with Crippen LogP contribution in [0, 0.1) is 11.8 Å². The van der Waals surface area contributed by atoms with E-state index in [2.05, 4.69) is 89.2 Å². The van der Waals surface area contributed by atoms with Crippen LogP contribution in [0.3, 0.4) is 0 Å².